The van der Waals surface area contributed by atoms with E-state index in [2.05, 4.69) is 4.98 Å². The summed E-state index contributed by atoms with van der Waals surface area (Å²) in [4.78, 5) is 38.0. The summed E-state index contributed by atoms with van der Waals surface area (Å²) >= 11 is 0. The molecule has 124 valence electrons. The molecule has 1 aromatic carbocycles. The van der Waals surface area contributed by atoms with Gasteiger partial charge in [-0.15, -0.1) is 0 Å². The number of carboxylic acids is 1. The van der Waals surface area contributed by atoms with Crippen LogP contribution in [0.3, 0.4) is 0 Å². The lowest BCUT2D eigenvalue weighted by atomic mass is 10.2. The molecule has 0 bridgehead atoms. The van der Waals surface area contributed by atoms with E-state index in [0.717, 1.165) is 22.7 Å². The first kappa shape index (κ1) is 16.9. The Morgan fingerprint density at radius 2 is 1.96 bits per heavy atom. The van der Waals surface area contributed by atoms with Gasteiger partial charge in [0.2, 0.25) is 5.82 Å². The van der Waals surface area contributed by atoms with Crippen LogP contribution < -0.4 is 4.90 Å². The fourth-order valence-corrected chi connectivity index (χ4v) is 1.94. The van der Waals surface area contributed by atoms with Crippen molar-refractivity contribution in [3.05, 3.63) is 63.8 Å². The van der Waals surface area contributed by atoms with Crippen molar-refractivity contribution in [2.24, 2.45) is 0 Å². The van der Waals surface area contributed by atoms with Crippen molar-refractivity contribution in [2.45, 2.75) is 6.61 Å². The predicted molar refractivity (Wildman–Crippen MR) is 82.9 cm³/mol. The number of aromatic nitrogens is 1. The molecule has 0 aliphatic carbocycles. The number of carboxylic acid groups (broad SMARTS) is 1. The molecular formula is C15H13N3O6. The number of nitro groups is 1. The molecule has 0 saturated carbocycles. The van der Waals surface area contributed by atoms with E-state index >= 15 is 0 Å². The maximum atomic E-state index is 12.1. The number of aromatic carboxylic acids is 1. The number of hydrogen-bond acceptors (Lipinski definition) is 6. The number of carbonyl (C=O) groups is 2. The van der Waals surface area contributed by atoms with Gasteiger partial charge in [0.05, 0.1) is 4.92 Å². The zero-order valence-corrected chi connectivity index (χ0v) is 12.6. The zero-order valence-electron chi connectivity index (χ0n) is 12.6. The first-order chi connectivity index (χ1) is 11.4. The monoisotopic (exact) mass is 331 g/mol. The van der Waals surface area contributed by atoms with Gasteiger partial charge in [0.15, 0.2) is 0 Å². The van der Waals surface area contributed by atoms with Crippen LogP contribution in [0.15, 0.2) is 42.6 Å². The van der Waals surface area contributed by atoms with E-state index in [-0.39, 0.29) is 6.61 Å². The van der Waals surface area contributed by atoms with Crippen LogP contribution in [0.2, 0.25) is 0 Å². The summed E-state index contributed by atoms with van der Waals surface area (Å²) < 4.78 is 5.06. The molecule has 2 aromatic rings. The van der Waals surface area contributed by atoms with E-state index in [0.29, 0.717) is 0 Å². The molecule has 24 heavy (non-hydrogen) atoms. The van der Waals surface area contributed by atoms with Gasteiger partial charge in [-0.1, -0.05) is 30.3 Å². The van der Waals surface area contributed by atoms with E-state index in [1.54, 1.807) is 24.3 Å². The molecule has 0 fully saturated rings. The first-order valence-electron chi connectivity index (χ1n) is 6.73. The van der Waals surface area contributed by atoms with Crippen molar-refractivity contribution in [2.75, 3.05) is 11.9 Å². The summed E-state index contributed by atoms with van der Waals surface area (Å²) in [6.07, 6.45) is 0.184. The third-order valence-electron chi connectivity index (χ3n) is 3.11. The van der Waals surface area contributed by atoms with E-state index in [1.807, 2.05) is 6.07 Å². The van der Waals surface area contributed by atoms with Gasteiger partial charge >= 0.3 is 17.7 Å². The molecule has 9 nitrogen and oxygen atoms in total. The van der Waals surface area contributed by atoms with Gasteiger partial charge in [0.25, 0.3) is 0 Å². The van der Waals surface area contributed by atoms with Crippen LogP contribution in [-0.2, 0) is 11.3 Å². The quantitative estimate of drug-likeness (QED) is 0.659. The summed E-state index contributed by atoms with van der Waals surface area (Å²) in [5.74, 6) is -1.89. The van der Waals surface area contributed by atoms with Gasteiger partial charge in [0.1, 0.15) is 12.2 Å². The number of nitrogens with zero attached hydrogens (tertiary/aromatic N) is 3. The van der Waals surface area contributed by atoms with Crippen molar-refractivity contribution < 1.29 is 24.4 Å². The number of hydrogen-bond donors (Lipinski definition) is 1. The molecule has 0 aliphatic rings. The van der Waals surface area contributed by atoms with Gasteiger partial charge in [-0.2, -0.15) is 0 Å². The SMILES string of the molecule is CN(C(=O)OCc1ccccc1)c1nccc(C(=O)O)c1[N+](=O)[O-]. The van der Waals surface area contributed by atoms with Crippen LogP contribution in [-0.4, -0.2) is 34.1 Å². The second-order valence-electron chi connectivity index (χ2n) is 4.69. The summed E-state index contributed by atoms with van der Waals surface area (Å²) in [7, 11) is 1.22. The summed E-state index contributed by atoms with van der Waals surface area (Å²) in [5.41, 5.74) is -0.599. The van der Waals surface area contributed by atoms with Crippen molar-refractivity contribution in [1.29, 1.82) is 0 Å². The molecule has 1 amide bonds. The minimum Gasteiger partial charge on any atom is -0.477 e. The largest absolute Gasteiger partial charge is 0.477 e. The highest BCUT2D eigenvalue weighted by atomic mass is 16.6. The molecule has 0 unspecified atom stereocenters. The summed E-state index contributed by atoms with van der Waals surface area (Å²) in [6, 6.07) is 9.85. The van der Waals surface area contributed by atoms with Crippen LogP contribution >= 0.6 is 0 Å². The van der Waals surface area contributed by atoms with Crippen LogP contribution in [0.25, 0.3) is 0 Å². The molecule has 1 N–H and O–H groups in total. The summed E-state index contributed by atoms with van der Waals surface area (Å²) in [6.45, 7) is -0.0313. The fourth-order valence-electron chi connectivity index (χ4n) is 1.94. The topological polar surface area (TPSA) is 123 Å². The maximum absolute atomic E-state index is 12.1. The molecule has 1 heterocycles. The Bertz CT molecular complexity index is 778. The average molecular weight is 331 g/mol. The number of pyridine rings is 1. The Labute approximate surface area is 136 Å². The number of amides is 1. The molecule has 0 atom stereocenters. The zero-order chi connectivity index (χ0) is 17.7. The summed E-state index contributed by atoms with van der Waals surface area (Å²) in [5, 5.41) is 20.2. The van der Waals surface area contributed by atoms with Crippen LogP contribution in [0.5, 0.6) is 0 Å². The number of carbonyl (C=O) groups excluding carboxylic acids is 1. The van der Waals surface area contributed by atoms with Crippen molar-refractivity contribution in [3.63, 3.8) is 0 Å². The van der Waals surface area contributed by atoms with E-state index in [4.69, 9.17) is 9.84 Å². The highest BCUT2D eigenvalue weighted by molar-refractivity contribution is 5.97. The Morgan fingerprint density at radius 3 is 2.54 bits per heavy atom. The maximum Gasteiger partial charge on any atom is 0.415 e. The molecule has 0 saturated heterocycles. The highest BCUT2D eigenvalue weighted by Crippen LogP contribution is 2.29. The average Bonchev–Trinajstić information content (AvgIpc) is 2.59. The molecule has 0 aliphatic heterocycles. The van der Waals surface area contributed by atoms with E-state index in [1.165, 1.54) is 7.05 Å². The first-order valence-corrected chi connectivity index (χ1v) is 6.73. The number of anilines is 1. The minimum absolute atomic E-state index is 0.0313. The van der Waals surface area contributed by atoms with E-state index in [9.17, 15) is 19.7 Å². The standard InChI is InChI=1S/C15H13N3O6/c1-17(15(21)24-9-10-5-3-2-4-6-10)13-12(18(22)23)11(14(19)20)7-8-16-13/h2-8H,9H2,1H3,(H,19,20). The van der Waals surface area contributed by atoms with Gasteiger partial charge in [-0.05, 0) is 11.6 Å². The fraction of sp³-hybridized carbons (Fsp3) is 0.133. The third-order valence-corrected chi connectivity index (χ3v) is 3.11. The Hall–Kier alpha value is -3.49. The highest BCUT2D eigenvalue weighted by Gasteiger charge is 2.30. The Kier molecular flexibility index (Phi) is 5.05. The second-order valence-corrected chi connectivity index (χ2v) is 4.69. The molecule has 1 aromatic heterocycles. The van der Waals surface area contributed by atoms with E-state index < -0.39 is 34.1 Å². The van der Waals surface area contributed by atoms with Gasteiger partial charge < -0.3 is 9.84 Å². The van der Waals surface area contributed by atoms with Crippen LogP contribution in [0, 0.1) is 10.1 Å². The van der Waals surface area contributed by atoms with Gasteiger partial charge in [-0.3, -0.25) is 15.0 Å². The lowest BCUT2D eigenvalue weighted by Gasteiger charge is -2.16. The van der Waals surface area contributed by atoms with Crippen molar-refractivity contribution >= 4 is 23.6 Å². The molecule has 0 spiro atoms. The predicted octanol–water partition coefficient (Wildman–Crippen LogP) is 2.46. The normalized spacial score (nSPS) is 10.0. The lowest BCUT2D eigenvalue weighted by Crippen LogP contribution is -2.29. The smallest absolute Gasteiger partial charge is 0.415 e. The third kappa shape index (κ3) is 3.64. The molecular weight excluding hydrogens is 318 g/mol. The van der Waals surface area contributed by atoms with Crippen molar-refractivity contribution in [1.82, 2.24) is 4.98 Å². The lowest BCUT2D eigenvalue weighted by molar-refractivity contribution is -0.384. The van der Waals surface area contributed by atoms with Gasteiger partial charge in [0, 0.05) is 13.2 Å². The second kappa shape index (κ2) is 7.18. The van der Waals surface area contributed by atoms with Gasteiger partial charge in [-0.25, -0.2) is 14.6 Å². The van der Waals surface area contributed by atoms with Crippen LogP contribution in [0.1, 0.15) is 15.9 Å². The van der Waals surface area contributed by atoms with Crippen LogP contribution in [0.4, 0.5) is 16.3 Å². The molecule has 0 radical (unpaired) electrons. The van der Waals surface area contributed by atoms with Crippen molar-refractivity contribution in [3.8, 4) is 0 Å². The number of benzene rings is 1. The number of ether oxygens (including phenoxy) is 1. The molecule has 9 heteroatoms. The molecule has 2 rings (SSSR count). The minimum atomic E-state index is -1.49. The number of rotatable bonds is 5. The Morgan fingerprint density at radius 1 is 1.29 bits per heavy atom. The Balaban J connectivity index is 2.24.